The second kappa shape index (κ2) is 20.1. The van der Waals surface area contributed by atoms with Crippen LogP contribution in [0, 0.1) is 12.8 Å². The fraction of sp³-hybridized carbons (Fsp3) is 0. The number of hydrogen-bond acceptors (Lipinski definition) is 2. The smallest absolute Gasteiger partial charge is 0.124 e. The average Bonchev–Trinajstić information content (AvgIpc) is 1.00. The van der Waals surface area contributed by atoms with E-state index in [0.29, 0.717) is 0 Å². The van der Waals surface area contributed by atoms with E-state index >= 15 is 0 Å². The van der Waals surface area contributed by atoms with Gasteiger partial charge in [0.15, 0.2) is 0 Å². The Kier molecular flexibility index (Phi) is 467. The monoisotopic (exact) mass is 60.1 g/mol. The SMILES string of the molecule is C#C.N.N. The molecule has 4 heavy (non-hydrogen) atoms. The standard InChI is InChI=1S/C2H2.2H3N/c1-2;;/h1-2H;2*1H3. The molecule has 0 saturated heterocycles. The molecule has 0 atom stereocenters. The summed E-state index contributed by atoms with van der Waals surface area (Å²) in [5, 5.41) is 0. The Hall–Kier alpha value is -0.520. The average molecular weight is 60.1 g/mol. The fourth-order valence-electron chi connectivity index (χ4n) is 0. The van der Waals surface area contributed by atoms with Gasteiger partial charge in [0.05, 0.1) is 0 Å². The molecular weight excluding hydrogens is 52.0 g/mol. The molecule has 0 aliphatic rings. The molecule has 0 amide bonds. The van der Waals surface area contributed by atoms with Crippen LogP contribution in [0.3, 0.4) is 0 Å². The number of hydrogen-bond donors (Lipinski definition) is 2. The van der Waals surface area contributed by atoms with Gasteiger partial charge in [0.2, 0.25) is 0 Å². The minimum Gasteiger partial charge on any atom is -0.344 e. The molecule has 0 unspecified atom stereocenters. The summed E-state index contributed by atoms with van der Waals surface area (Å²) in [5.74, 6) is 0. The Morgan fingerprint density at radius 2 is 0.750 bits per heavy atom. The molecule has 26 valence electrons. The van der Waals surface area contributed by atoms with Crippen molar-refractivity contribution in [2.45, 2.75) is 0 Å². The first-order chi connectivity index (χ1) is 1.00. The maximum absolute atomic E-state index is 4.00. The number of rotatable bonds is 0. The van der Waals surface area contributed by atoms with Gasteiger partial charge >= 0.3 is 0 Å². The Balaban J connectivity index is -0.00000000500. The minimum absolute atomic E-state index is 0. The van der Waals surface area contributed by atoms with Crippen LogP contribution in [0.25, 0.3) is 0 Å². The van der Waals surface area contributed by atoms with Crippen LogP contribution in [0.1, 0.15) is 0 Å². The van der Waals surface area contributed by atoms with Gasteiger partial charge in [-0.3, -0.25) is 0 Å². The van der Waals surface area contributed by atoms with E-state index in [0.717, 1.165) is 0 Å². The first-order valence-electron chi connectivity index (χ1n) is 0.333. The van der Waals surface area contributed by atoms with Gasteiger partial charge in [-0.05, 0) is 0 Å². The largest absolute Gasteiger partial charge is 0.344 e. The summed E-state index contributed by atoms with van der Waals surface area (Å²) in [7, 11) is 0. The third-order valence-electron chi connectivity index (χ3n) is 0. The zero-order chi connectivity index (χ0) is 2.00. The minimum atomic E-state index is 0. The van der Waals surface area contributed by atoms with E-state index in [2.05, 4.69) is 12.8 Å². The van der Waals surface area contributed by atoms with Crippen LogP contribution in [0.15, 0.2) is 0 Å². The zero-order valence-corrected chi connectivity index (χ0v) is 2.57. The first-order valence-corrected chi connectivity index (χ1v) is 0.333. The van der Waals surface area contributed by atoms with Crippen molar-refractivity contribution in [3.05, 3.63) is 0 Å². The molecule has 0 aromatic rings. The van der Waals surface area contributed by atoms with Crippen LogP contribution < -0.4 is 12.3 Å². The van der Waals surface area contributed by atoms with Crippen LogP contribution >= 0.6 is 0 Å². The highest BCUT2D eigenvalue weighted by atomic mass is 14.0. The van der Waals surface area contributed by atoms with Crippen molar-refractivity contribution in [2.75, 3.05) is 0 Å². The predicted molar refractivity (Wildman–Crippen MR) is 19.9 cm³/mol. The predicted octanol–water partition coefficient (Wildman–Crippen LogP) is 0.573. The van der Waals surface area contributed by atoms with E-state index in [4.69, 9.17) is 0 Å². The van der Waals surface area contributed by atoms with Gasteiger partial charge < -0.3 is 12.3 Å². The molecule has 0 bridgehead atoms. The Labute approximate surface area is 26.4 Å². The molecule has 2 nitrogen and oxygen atoms in total. The first kappa shape index (κ1) is 92.9. The maximum atomic E-state index is 4.00. The molecule has 6 N–H and O–H groups in total. The van der Waals surface area contributed by atoms with Crippen LogP contribution in [-0.2, 0) is 0 Å². The molecular formula is C2H8N2. The Morgan fingerprint density at radius 3 is 0.750 bits per heavy atom. The molecule has 0 spiro atoms. The molecule has 0 radical (unpaired) electrons. The third-order valence-corrected chi connectivity index (χ3v) is 0. The Morgan fingerprint density at radius 1 is 0.750 bits per heavy atom. The lowest BCUT2D eigenvalue weighted by atomic mass is 11.4. The normalized spacial score (nSPS) is 0.500. The van der Waals surface area contributed by atoms with Crippen molar-refractivity contribution in [1.82, 2.24) is 12.3 Å². The summed E-state index contributed by atoms with van der Waals surface area (Å²) in [6.45, 7) is 0. The van der Waals surface area contributed by atoms with Gasteiger partial charge in [-0.15, -0.1) is 12.8 Å². The lowest BCUT2D eigenvalue weighted by molar-refractivity contribution is 2.13. The van der Waals surface area contributed by atoms with Gasteiger partial charge in [0, 0.05) is 0 Å². The summed E-state index contributed by atoms with van der Waals surface area (Å²) < 4.78 is 0. The topological polar surface area (TPSA) is 70.0 Å². The molecule has 2 heteroatoms. The molecule has 0 aliphatic heterocycles. The van der Waals surface area contributed by atoms with E-state index < -0.39 is 0 Å². The van der Waals surface area contributed by atoms with Crippen molar-refractivity contribution >= 4 is 0 Å². The summed E-state index contributed by atoms with van der Waals surface area (Å²) in [4.78, 5) is 0. The van der Waals surface area contributed by atoms with E-state index in [1.807, 2.05) is 0 Å². The lowest BCUT2D eigenvalue weighted by Crippen LogP contribution is -0.576. The summed E-state index contributed by atoms with van der Waals surface area (Å²) in [6.07, 6.45) is 8.00. The van der Waals surface area contributed by atoms with Gasteiger partial charge in [-0.1, -0.05) is 0 Å². The van der Waals surface area contributed by atoms with Crippen molar-refractivity contribution in [3.63, 3.8) is 0 Å². The van der Waals surface area contributed by atoms with Crippen LogP contribution in [-0.4, -0.2) is 0 Å². The Bertz CT molecular complexity index is 8.75. The van der Waals surface area contributed by atoms with Gasteiger partial charge in [0.25, 0.3) is 0 Å². The summed E-state index contributed by atoms with van der Waals surface area (Å²) in [6, 6.07) is 0. The maximum Gasteiger partial charge on any atom is -0.124 e. The van der Waals surface area contributed by atoms with Crippen LogP contribution in [0.4, 0.5) is 0 Å². The highest BCUT2D eigenvalue weighted by molar-refractivity contribution is 4.47. The van der Waals surface area contributed by atoms with E-state index in [-0.39, 0.29) is 12.3 Å². The van der Waals surface area contributed by atoms with Crippen molar-refractivity contribution in [3.8, 4) is 12.8 Å². The highest BCUT2D eigenvalue weighted by Crippen LogP contribution is 0.579. The van der Waals surface area contributed by atoms with Gasteiger partial charge in [0.1, 0.15) is 0 Å². The lowest BCUT2D eigenvalue weighted by Gasteiger charge is -0.701. The van der Waals surface area contributed by atoms with Crippen molar-refractivity contribution in [2.24, 2.45) is 0 Å². The second-order valence-corrected chi connectivity index (χ2v) is 0. The van der Waals surface area contributed by atoms with Crippen molar-refractivity contribution < 1.29 is 0 Å². The van der Waals surface area contributed by atoms with E-state index in [1.165, 1.54) is 0 Å². The van der Waals surface area contributed by atoms with Crippen molar-refractivity contribution in [1.29, 1.82) is 0 Å². The highest BCUT2D eigenvalue weighted by Gasteiger charge is 0.454. The van der Waals surface area contributed by atoms with Crippen LogP contribution in [0.5, 0.6) is 0 Å². The molecule has 0 heterocycles. The summed E-state index contributed by atoms with van der Waals surface area (Å²) in [5.41, 5.74) is 0. The molecule has 0 rings (SSSR count). The van der Waals surface area contributed by atoms with E-state index in [1.54, 1.807) is 0 Å². The fourth-order valence-corrected chi connectivity index (χ4v) is 0. The van der Waals surface area contributed by atoms with Gasteiger partial charge in [-0.2, -0.15) is 0 Å². The quantitative estimate of drug-likeness (QED) is 0.401. The van der Waals surface area contributed by atoms with E-state index in [9.17, 15) is 0 Å². The summed E-state index contributed by atoms with van der Waals surface area (Å²) >= 11 is 0. The van der Waals surface area contributed by atoms with Gasteiger partial charge in [-0.25, -0.2) is 0 Å². The third kappa shape index (κ3) is 1.26. The molecule has 0 fully saturated rings. The van der Waals surface area contributed by atoms with Crippen LogP contribution in [0.2, 0.25) is 0 Å². The second-order valence-electron chi connectivity index (χ2n) is 0. The number of terminal acetylenes is 1. The molecule has 0 aromatic carbocycles. The zero-order valence-electron chi connectivity index (χ0n) is 2.57. The molecule has 0 aliphatic carbocycles. The molecule has 0 aromatic heterocycles. The molecule has 0 saturated carbocycles.